The first-order valence-corrected chi connectivity index (χ1v) is 10.1. The summed E-state index contributed by atoms with van der Waals surface area (Å²) >= 11 is 0.834. The van der Waals surface area contributed by atoms with Gasteiger partial charge in [-0.2, -0.15) is 4.39 Å². The highest BCUT2D eigenvalue weighted by Gasteiger charge is 2.50. The van der Waals surface area contributed by atoms with E-state index >= 15 is 0 Å². The average molecular weight is 427 g/mol. The molecule has 1 unspecified atom stereocenters. The summed E-state index contributed by atoms with van der Waals surface area (Å²) < 4.78 is 13.3. The average Bonchev–Trinajstić information content (AvgIpc) is 3.45. The van der Waals surface area contributed by atoms with Crippen molar-refractivity contribution in [2.24, 2.45) is 0 Å². The highest BCUT2D eigenvalue weighted by molar-refractivity contribution is 7.10. The molecule has 1 fully saturated rings. The van der Waals surface area contributed by atoms with Gasteiger partial charge in [-0.3, -0.25) is 14.4 Å². The van der Waals surface area contributed by atoms with Crippen LogP contribution >= 0.6 is 11.3 Å². The number of aromatic nitrogens is 1. The summed E-state index contributed by atoms with van der Waals surface area (Å²) in [6, 6.07) is 5.14. The number of nitrogens with one attached hydrogen (secondary N) is 1. The van der Waals surface area contributed by atoms with E-state index in [0.29, 0.717) is 35.9 Å². The maximum Gasteiger partial charge on any atom is 0.311 e. The minimum absolute atomic E-state index is 0.0322. The van der Waals surface area contributed by atoms with Crippen LogP contribution in [-0.2, 0) is 26.2 Å². The van der Waals surface area contributed by atoms with Gasteiger partial charge in [-0.25, -0.2) is 9.83 Å². The van der Waals surface area contributed by atoms with Crippen LogP contribution in [-0.4, -0.2) is 54.3 Å². The summed E-state index contributed by atoms with van der Waals surface area (Å²) in [6.45, 7) is 8.32. The Hall–Kier alpha value is -3.32. The minimum Gasteiger partial charge on any atom is -0.351 e. The summed E-state index contributed by atoms with van der Waals surface area (Å²) in [5, 5.41) is 2.29. The van der Waals surface area contributed by atoms with Gasteiger partial charge in [0.15, 0.2) is 10.8 Å². The number of fused-ring (bicyclic) bond motifs is 2. The van der Waals surface area contributed by atoms with E-state index in [4.69, 9.17) is 6.57 Å². The number of benzene rings is 1. The second kappa shape index (κ2) is 7.50. The van der Waals surface area contributed by atoms with Crippen molar-refractivity contribution >= 4 is 40.4 Å². The molecule has 0 saturated carbocycles. The van der Waals surface area contributed by atoms with Gasteiger partial charge >= 0.3 is 11.8 Å². The van der Waals surface area contributed by atoms with Crippen molar-refractivity contribution in [3.05, 3.63) is 51.5 Å². The normalized spacial score (nSPS) is 19.6. The Bertz CT molecular complexity index is 1090. The summed E-state index contributed by atoms with van der Waals surface area (Å²) in [4.78, 5) is 47.7. The maximum absolute atomic E-state index is 13.3. The monoisotopic (exact) mass is 427 g/mol. The SMILES string of the molecule is [C-]#[N+]c1ccc2c(c1)C1(CCN(C(=O)C(=O)NC)C1)CN2C(=O)Cc1ncc(F)s1. The lowest BCUT2D eigenvalue weighted by Gasteiger charge is -2.25. The first-order chi connectivity index (χ1) is 14.4. The van der Waals surface area contributed by atoms with Crippen LogP contribution in [0.1, 0.15) is 17.0 Å². The van der Waals surface area contributed by atoms with E-state index in [1.54, 1.807) is 23.1 Å². The molecule has 10 heteroatoms. The Morgan fingerprint density at radius 1 is 1.37 bits per heavy atom. The molecule has 2 aromatic rings. The molecule has 154 valence electrons. The van der Waals surface area contributed by atoms with Crippen LogP contribution < -0.4 is 10.2 Å². The van der Waals surface area contributed by atoms with Crippen LogP contribution in [0.15, 0.2) is 24.4 Å². The second-order valence-electron chi connectivity index (χ2n) is 7.36. The van der Waals surface area contributed by atoms with Gasteiger partial charge in [-0.05, 0) is 18.1 Å². The van der Waals surface area contributed by atoms with Crippen LogP contribution in [0.3, 0.4) is 0 Å². The zero-order valence-corrected chi connectivity index (χ0v) is 17.0. The number of carbonyl (C=O) groups is 3. The van der Waals surface area contributed by atoms with Gasteiger partial charge in [0.25, 0.3) is 0 Å². The third kappa shape index (κ3) is 3.31. The molecule has 2 aliphatic rings. The lowest BCUT2D eigenvalue weighted by molar-refractivity contribution is -0.145. The number of halogens is 1. The van der Waals surface area contributed by atoms with Gasteiger partial charge in [0.05, 0.1) is 19.2 Å². The van der Waals surface area contributed by atoms with E-state index in [1.165, 1.54) is 11.9 Å². The molecule has 1 N–H and O–H groups in total. The van der Waals surface area contributed by atoms with Crippen molar-refractivity contribution in [1.29, 1.82) is 0 Å². The molecular weight excluding hydrogens is 409 g/mol. The largest absolute Gasteiger partial charge is 0.351 e. The number of likely N-dealkylation sites (N-methyl/N-ethyl adjacent to an activating group) is 1. The zero-order chi connectivity index (χ0) is 21.5. The number of likely N-dealkylation sites (tertiary alicyclic amines) is 1. The van der Waals surface area contributed by atoms with Crippen molar-refractivity contribution in [3.8, 4) is 0 Å². The Kier molecular flexibility index (Phi) is 4.99. The topological polar surface area (TPSA) is 87.0 Å². The molecule has 0 radical (unpaired) electrons. The first-order valence-electron chi connectivity index (χ1n) is 9.30. The summed E-state index contributed by atoms with van der Waals surface area (Å²) in [7, 11) is 1.40. The standard InChI is InChI=1S/C20H18FN5O3S/c1-22-12-3-4-14-13(7-12)20(5-6-25(10-20)19(29)18(28)23-2)11-26(14)17(27)8-16-24-9-15(21)30-16/h3-4,7,9H,5-6,8,10-11H2,2H3,(H,23,28). The van der Waals surface area contributed by atoms with Crippen molar-refractivity contribution in [2.75, 3.05) is 31.6 Å². The summed E-state index contributed by atoms with van der Waals surface area (Å²) in [6.07, 6.45) is 1.63. The van der Waals surface area contributed by atoms with E-state index in [9.17, 15) is 18.8 Å². The van der Waals surface area contributed by atoms with Crippen LogP contribution in [0.25, 0.3) is 4.85 Å². The number of amides is 3. The molecule has 0 aliphatic carbocycles. The van der Waals surface area contributed by atoms with Gasteiger partial charge < -0.3 is 15.1 Å². The molecule has 8 nitrogen and oxygen atoms in total. The number of anilines is 1. The van der Waals surface area contributed by atoms with Gasteiger partial charge in [0.1, 0.15) is 5.01 Å². The van der Waals surface area contributed by atoms with E-state index in [2.05, 4.69) is 15.1 Å². The predicted octanol–water partition coefficient (Wildman–Crippen LogP) is 1.64. The Labute approximate surface area is 176 Å². The molecule has 1 atom stereocenters. The fourth-order valence-corrected chi connectivity index (χ4v) is 4.82. The number of nitrogens with zero attached hydrogens (tertiary/aromatic N) is 4. The lowest BCUT2D eigenvalue weighted by Crippen LogP contribution is -2.44. The summed E-state index contributed by atoms with van der Waals surface area (Å²) in [5.74, 6) is -1.52. The molecular formula is C20H18FN5O3S. The fourth-order valence-electron chi connectivity index (χ4n) is 4.19. The third-order valence-corrected chi connectivity index (χ3v) is 6.41. The van der Waals surface area contributed by atoms with Gasteiger partial charge in [-0.1, -0.05) is 23.5 Å². The Morgan fingerprint density at radius 3 is 2.83 bits per heavy atom. The molecule has 1 aromatic heterocycles. The van der Waals surface area contributed by atoms with E-state index in [0.717, 1.165) is 23.1 Å². The van der Waals surface area contributed by atoms with E-state index in [1.807, 2.05) is 0 Å². The quantitative estimate of drug-likeness (QED) is 0.583. The number of carbonyl (C=O) groups excluding carboxylic acids is 3. The van der Waals surface area contributed by atoms with Crippen LogP contribution in [0.5, 0.6) is 0 Å². The van der Waals surface area contributed by atoms with E-state index < -0.39 is 22.4 Å². The molecule has 3 amide bonds. The smallest absolute Gasteiger partial charge is 0.311 e. The van der Waals surface area contributed by atoms with Crippen molar-refractivity contribution in [2.45, 2.75) is 18.3 Å². The predicted molar refractivity (Wildman–Crippen MR) is 108 cm³/mol. The molecule has 1 saturated heterocycles. The lowest BCUT2D eigenvalue weighted by atomic mass is 9.81. The second-order valence-corrected chi connectivity index (χ2v) is 8.43. The van der Waals surface area contributed by atoms with Crippen molar-refractivity contribution < 1.29 is 18.8 Å². The molecule has 4 rings (SSSR count). The van der Waals surface area contributed by atoms with Crippen LogP contribution in [0.2, 0.25) is 0 Å². The van der Waals surface area contributed by atoms with Crippen LogP contribution in [0.4, 0.5) is 15.8 Å². The molecule has 30 heavy (non-hydrogen) atoms. The van der Waals surface area contributed by atoms with Crippen LogP contribution in [0, 0.1) is 11.7 Å². The molecule has 2 aliphatic heterocycles. The fraction of sp³-hybridized carbons (Fsp3) is 0.350. The van der Waals surface area contributed by atoms with Gasteiger partial charge in [-0.15, -0.1) is 0 Å². The molecule has 1 spiro atoms. The Morgan fingerprint density at radius 2 is 2.17 bits per heavy atom. The maximum atomic E-state index is 13.3. The number of hydrogen-bond acceptors (Lipinski definition) is 5. The number of hydrogen-bond donors (Lipinski definition) is 1. The summed E-state index contributed by atoms with van der Waals surface area (Å²) in [5.41, 5.74) is 1.39. The Balaban J connectivity index is 1.65. The zero-order valence-electron chi connectivity index (χ0n) is 16.1. The highest BCUT2D eigenvalue weighted by Crippen LogP contribution is 2.48. The van der Waals surface area contributed by atoms with Gasteiger partial charge in [0, 0.05) is 37.8 Å². The molecule has 3 heterocycles. The van der Waals surface area contributed by atoms with Crippen molar-refractivity contribution in [1.82, 2.24) is 15.2 Å². The number of thiazole rings is 1. The van der Waals surface area contributed by atoms with Gasteiger partial charge in [0.2, 0.25) is 5.91 Å². The first kappa shape index (κ1) is 20.0. The van der Waals surface area contributed by atoms with Crippen molar-refractivity contribution in [3.63, 3.8) is 0 Å². The molecule has 0 bridgehead atoms. The number of rotatable bonds is 2. The minimum atomic E-state index is -0.682. The highest BCUT2D eigenvalue weighted by atomic mass is 32.1. The molecule has 1 aromatic carbocycles. The third-order valence-electron chi connectivity index (χ3n) is 5.62. The van der Waals surface area contributed by atoms with E-state index in [-0.39, 0.29) is 18.9 Å².